The quantitative estimate of drug-likeness (QED) is 0.541. The zero-order valence-corrected chi connectivity index (χ0v) is 22.9. The fourth-order valence-corrected chi connectivity index (χ4v) is 5.53. The first kappa shape index (κ1) is 26.8. The van der Waals surface area contributed by atoms with Gasteiger partial charge in [-0.25, -0.2) is 13.9 Å². The van der Waals surface area contributed by atoms with Crippen LogP contribution in [0.15, 0.2) is 36.5 Å². The second kappa shape index (κ2) is 9.43. The van der Waals surface area contributed by atoms with E-state index >= 15 is 0 Å². The zero-order valence-electron chi connectivity index (χ0n) is 22.9. The fourth-order valence-electron chi connectivity index (χ4n) is 5.53. The van der Waals surface area contributed by atoms with E-state index < -0.39 is 17.4 Å². The largest absolute Gasteiger partial charge is 0.481 e. The van der Waals surface area contributed by atoms with Crippen molar-refractivity contribution in [1.29, 1.82) is 0 Å². The van der Waals surface area contributed by atoms with Gasteiger partial charge in [-0.15, -0.1) is 0 Å². The molecule has 0 radical (unpaired) electrons. The Labute approximate surface area is 226 Å². The molecule has 1 aliphatic heterocycles. The van der Waals surface area contributed by atoms with Gasteiger partial charge in [0, 0.05) is 36.7 Å². The Balaban J connectivity index is 1.40. The van der Waals surface area contributed by atoms with Crippen LogP contribution in [0.3, 0.4) is 0 Å². The molecule has 2 aromatic heterocycles. The number of amides is 2. The summed E-state index contributed by atoms with van der Waals surface area (Å²) in [4.78, 5) is 46.1. The number of benzene rings is 1. The number of carboxylic acids is 1. The highest BCUT2D eigenvalue weighted by Crippen LogP contribution is 2.36. The summed E-state index contributed by atoms with van der Waals surface area (Å²) in [6, 6.07) is 8.07. The van der Waals surface area contributed by atoms with E-state index in [1.807, 2.05) is 19.9 Å². The normalized spacial score (nSPS) is 21.1. The maximum Gasteiger partial charge on any atom is 0.306 e. The molecule has 10 heteroatoms. The average molecular weight is 536 g/mol. The minimum absolute atomic E-state index is 0.0345. The van der Waals surface area contributed by atoms with Crippen molar-refractivity contribution in [3.05, 3.63) is 53.6 Å². The Kier molecular flexibility index (Phi) is 6.47. The van der Waals surface area contributed by atoms with E-state index in [-0.39, 0.29) is 34.7 Å². The topological polar surface area (TPSA) is 108 Å². The van der Waals surface area contributed by atoms with Crippen LogP contribution in [0.2, 0.25) is 0 Å². The lowest BCUT2D eigenvalue weighted by molar-refractivity contribution is -0.153. The van der Waals surface area contributed by atoms with Crippen LogP contribution in [0.5, 0.6) is 0 Å². The first-order valence-corrected chi connectivity index (χ1v) is 13.2. The van der Waals surface area contributed by atoms with Crippen molar-refractivity contribution in [1.82, 2.24) is 24.4 Å². The maximum absolute atomic E-state index is 13.7. The third kappa shape index (κ3) is 4.99. The van der Waals surface area contributed by atoms with Crippen LogP contribution >= 0.6 is 0 Å². The zero-order chi connectivity index (χ0) is 28.3. The highest BCUT2D eigenvalue weighted by molar-refractivity contribution is 5.94. The predicted octanol–water partition coefficient (Wildman–Crippen LogP) is 4.01. The van der Waals surface area contributed by atoms with Crippen molar-refractivity contribution < 1.29 is 23.9 Å². The third-order valence-electron chi connectivity index (χ3n) is 7.89. The van der Waals surface area contributed by atoms with Gasteiger partial charge in [-0.2, -0.15) is 5.10 Å². The van der Waals surface area contributed by atoms with E-state index in [0.717, 1.165) is 11.1 Å². The molecule has 2 amide bonds. The number of aliphatic carboxylic acids is 1. The van der Waals surface area contributed by atoms with E-state index in [1.165, 1.54) is 12.1 Å². The predicted molar refractivity (Wildman–Crippen MR) is 143 cm³/mol. The van der Waals surface area contributed by atoms with Crippen LogP contribution in [0.1, 0.15) is 63.5 Å². The minimum atomic E-state index is -0.851. The molecule has 3 aromatic rings. The van der Waals surface area contributed by atoms with Gasteiger partial charge in [0.2, 0.25) is 5.91 Å². The van der Waals surface area contributed by atoms with Gasteiger partial charge in [0.25, 0.3) is 5.91 Å². The third-order valence-corrected chi connectivity index (χ3v) is 7.89. The number of rotatable bonds is 4. The SMILES string of the molecule is CC(C)(C)c1cc(-c2ccc(F)cc2)nn2cc(C(=O)N3CCN(C(=O)[C@H]4C[C@H](C(=O)O)C4)CC3(C)C)nc12. The molecular formula is C29H34FN5O4. The first-order valence-electron chi connectivity index (χ1n) is 13.2. The molecule has 5 rings (SSSR count). The summed E-state index contributed by atoms with van der Waals surface area (Å²) < 4.78 is 15.1. The monoisotopic (exact) mass is 535 g/mol. The minimum Gasteiger partial charge on any atom is -0.481 e. The maximum atomic E-state index is 13.7. The average Bonchev–Trinajstić information content (AvgIpc) is 3.25. The summed E-state index contributed by atoms with van der Waals surface area (Å²) >= 11 is 0. The molecule has 0 atom stereocenters. The number of hydrogen-bond acceptors (Lipinski definition) is 5. The lowest BCUT2D eigenvalue weighted by Crippen LogP contribution is -2.63. The van der Waals surface area contributed by atoms with Crippen LogP contribution in [-0.4, -0.2) is 72.5 Å². The second-order valence-corrected chi connectivity index (χ2v) is 12.3. The Hall–Kier alpha value is -3.82. The van der Waals surface area contributed by atoms with Crippen molar-refractivity contribution in [2.75, 3.05) is 19.6 Å². The van der Waals surface area contributed by atoms with Crippen LogP contribution in [0, 0.1) is 17.7 Å². The summed E-state index contributed by atoms with van der Waals surface area (Å²) in [6.07, 6.45) is 2.38. The van der Waals surface area contributed by atoms with E-state index in [0.29, 0.717) is 43.8 Å². The van der Waals surface area contributed by atoms with Crippen LogP contribution in [0.25, 0.3) is 16.9 Å². The summed E-state index contributed by atoms with van der Waals surface area (Å²) in [6.45, 7) is 11.1. The first-order chi connectivity index (χ1) is 18.2. The Bertz CT molecular complexity index is 1450. The van der Waals surface area contributed by atoms with Gasteiger partial charge in [0.1, 0.15) is 11.5 Å². The highest BCUT2D eigenvalue weighted by Gasteiger charge is 2.45. The van der Waals surface area contributed by atoms with E-state index in [9.17, 15) is 18.8 Å². The lowest BCUT2D eigenvalue weighted by Gasteiger charge is -2.48. The molecule has 1 aromatic carbocycles. The number of hydrogen-bond donors (Lipinski definition) is 1. The molecule has 0 spiro atoms. The van der Waals surface area contributed by atoms with Crippen molar-refractivity contribution in [3.8, 4) is 11.3 Å². The van der Waals surface area contributed by atoms with Gasteiger partial charge >= 0.3 is 5.97 Å². The van der Waals surface area contributed by atoms with Crippen molar-refractivity contribution in [2.45, 2.75) is 58.4 Å². The number of carboxylic acid groups (broad SMARTS) is 1. The molecule has 2 aliphatic rings. The number of piperazine rings is 1. The van der Waals surface area contributed by atoms with E-state index in [4.69, 9.17) is 10.1 Å². The number of nitrogens with zero attached hydrogens (tertiary/aromatic N) is 5. The molecule has 1 aliphatic carbocycles. The van der Waals surface area contributed by atoms with Gasteiger partial charge < -0.3 is 14.9 Å². The summed E-state index contributed by atoms with van der Waals surface area (Å²) in [5.41, 5.74) is 2.23. The smallest absolute Gasteiger partial charge is 0.306 e. The van der Waals surface area contributed by atoms with Gasteiger partial charge in [-0.05, 0) is 62.4 Å². The summed E-state index contributed by atoms with van der Waals surface area (Å²) in [5, 5.41) is 13.8. The van der Waals surface area contributed by atoms with Crippen molar-refractivity contribution >= 4 is 23.4 Å². The molecule has 0 bridgehead atoms. The van der Waals surface area contributed by atoms with Gasteiger partial charge in [-0.1, -0.05) is 20.8 Å². The van der Waals surface area contributed by atoms with Crippen LogP contribution in [-0.2, 0) is 15.0 Å². The lowest BCUT2D eigenvalue weighted by atomic mass is 9.74. The molecule has 2 fully saturated rings. The molecule has 1 N–H and O–H groups in total. The summed E-state index contributed by atoms with van der Waals surface area (Å²) in [5.74, 6) is -2.16. The second-order valence-electron chi connectivity index (χ2n) is 12.3. The molecule has 3 heterocycles. The van der Waals surface area contributed by atoms with Gasteiger partial charge in [0.05, 0.1) is 23.3 Å². The van der Waals surface area contributed by atoms with Crippen molar-refractivity contribution in [3.63, 3.8) is 0 Å². The number of imidazole rings is 1. The van der Waals surface area contributed by atoms with E-state index in [1.54, 1.807) is 32.6 Å². The van der Waals surface area contributed by atoms with Gasteiger partial charge in [-0.3, -0.25) is 14.4 Å². The number of aromatic nitrogens is 3. The highest BCUT2D eigenvalue weighted by atomic mass is 19.1. The molecule has 1 saturated carbocycles. The van der Waals surface area contributed by atoms with Gasteiger partial charge in [0.15, 0.2) is 5.65 Å². The number of carbonyl (C=O) groups is 3. The summed E-state index contributed by atoms with van der Waals surface area (Å²) in [7, 11) is 0. The Morgan fingerprint density at radius 2 is 1.72 bits per heavy atom. The van der Waals surface area contributed by atoms with E-state index in [2.05, 4.69) is 25.9 Å². The molecule has 9 nitrogen and oxygen atoms in total. The molecule has 39 heavy (non-hydrogen) atoms. The number of carbonyl (C=O) groups excluding carboxylic acids is 2. The Morgan fingerprint density at radius 1 is 1.05 bits per heavy atom. The van der Waals surface area contributed by atoms with Crippen LogP contribution in [0.4, 0.5) is 4.39 Å². The molecule has 0 unspecified atom stereocenters. The molecule has 1 saturated heterocycles. The number of halogens is 1. The van der Waals surface area contributed by atoms with Crippen molar-refractivity contribution in [2.24, 2.45) is 11.8 Å². The van der Waals surface area contributed by atoms with Crippen LogP contribution < -0.4 is 0 Å². The standard InChI is InChI=1S/C29H34FN5O4/c1-28(2,3)21-14-22(17-6-8-20(30)9-7-17)32-35-15-23(31-24(21)35)26(37)34-11-10-33(16-29(34,4)5)25(36)18-12-19(13-18)27(38)39/h6-9,14-15,18-19H,10-13,16H2,1-5H3,(H,38,39)/t18-,19-. The number of fused-ring (bicyclic) bond motifs is 1. The fraction of sp³-hybridized carbons (Fsp3) is 0.483. The molecule has 206 valence electrons. The molecular weight excluding hydrogens is 501 g/mol. The Morgan fingerprint density at radius 3 is 2.31 bits per heavy atom.